The minimum atomic E-state index is -4.60. The summed E-state index contributed by atoms with van der Waals surface area (Å²) in [7, 11) is 0. The van der Waals surface area contributed by atoms with E-state index >= 15 is 8.78 Å². The van der Waals surface area contributed by atoms with Gasteiger partial charge in [0.15, 0.2) is 0 Å². The van der Waals surface area contributed by atoms with Gasteiger partial charge in [-0.1, -0.05) is 30.3 Å². The molecule has 0 atom stereocenters. The van der Waals surface area contributed by atoms with E-state index in [4.69, 9.17) is 4.74 Å². The number of carbonyl (C=O) groups is 1. The average Bonchev–Trinajstić information content (AvgIpc) is 3.47. The normalized spacial score (nSPS) is 13.2. The van der Waals surface area contributed by atoms with Gasteiger partial charge in [-0.2, -0.15) is 0 Å². The molecule has 0 fully saturated rings. The summed E-state index contributed by atoms with van der Waals surface area (Å²) < 4.78 is 81.9. The molecular formula is C44H50AuF5N2O2. The van der Waals surface area contributed by atoms with Gasteiger partial charge in [0.25, 0.3) is 0 Å². The molecule has 1 aromatic heterocycles. The summed E-state index contributed by atoms with van der Waals surface area (Å²) in [6.07, 6.45) is 0.765. The summed E-state index contributed by atoms with van der Waals surface area (Å²) in [5, 5.41) is 1.86. The number of hydrogen-bond donors (Lipinski definition) is 0. The maximum absolute atomic E-state index is 17.0. The first kappa shape index (κ1) is 41.4. The molecule has 0 bridgehead atoms. The fourth-order valence-electron chi connectivity index (χ4n) is 6.88. The van der Waals surface area contributed by atoms with Crippen molar-refractivity contribution >= 4 is 16.7 Å². The van der Waals surface area contributed by atoms with E-state index < -0.39 is 47.7 Å². The molecule has 0 aliphatic rings. The van der Waals surface area contributed by atoms with E-state index in [1.807, 2.05) is 122 Å². The van der Waals surface area contributed by atoms with Crippen LogP contribution in [0.25, 0.3) is 22.1 Å². The van der Waals surface area contributed by atoms with Crippen molar-refractivity contribution in [3.05, 3.63) is 122 Å². The first-order valence-corrected chi connectivity index (χ1v) is 20.7. The Balaban J connectivity index is 1.63. The number of esters is 1. The number of alkyl halides is 5. The Bertz CT molecular complexity index is 2120. The molecule has 0 saturated carbocycles. The van der Waals surface area contributed by atoms with Gasteiger partial charge in [-0.15, -0.1) is 0 Å². The number of hydrogen-bond acceptors (Lipinski definition) is 2. The van der Waals surface area contributed by atoms with Gasteiger partial charge >= 0.3 is 284 Å². The fraction of sp³-hybridized carbons (Fsp3) is 0.409. The van der Waals surface area contributed by atoms with Crippen LogP contribution in [-0.2, 0) is 29.9 Å². The Labute approximate surface area is 324 Å². The van der Waals surface area contributed by atoms with E-state index in [1.54, 1.807) is 12.1 Å². The van der Waals surface area contributed by atoms with Crippen molar-refractivity contribution in [2.24, 2.45) is 0 Å². The second kappa shape index (κ2) is 16.9. The molecule has 10 heteroatoms. The number of benzene rings is 4. The van der Waals surface area contributed by atoms with Gasteiger partial charge in [0.05, 0.1) is 0 Å². The number of unbranched alkanes of at least 4 members (excludes halogenated alkanes) is 1. The van der Waals surface area contributed by atoms with Crippen LogP contribution in [0.15, 0.2) is 85.1 Å². The molecule has 0 spiro atoms. The quantitative estimate of drug-likeness (QED) is 0.0510. The van der Waals surface area contributed by atoms with E-state index in [0.717, 1.165) is 21.9 Å². The number of aromatic nitrogens is 2. The predicted molar refractivity (Wildman–Crippen MR) is 203 cm³/mol. The monoisotopic (exact) mass is 930 g/mol. The number of rotatable bonds is 13. The topological polar surface area (TPSA) is 36.2 Å². The maximum atomic E-state index is 17.0. The molecule has 4 nitrogen and oxygen atoms in total. The Morgan fingerprint density at radius 3 is 1.70 bits per heavy atom. The molecule has 294 valence electrons. The molecule has 0 aliphatic heterocycles. The second-order valence-corrected chi connectivity index (χ2v) is 17.7. The molecular weight excluding hydrogens is 880 g/mol. The van der Waals surface area contributed by atoms with Gasteiger partial charge < -0.3 is 0 Å². The van der Waals surface area contributed by atoms with E-state index in [0.29, 0.717) is 28.1 Å². The Morgan fingerprint density at radius 1 is 0.667 bits per heavy atom. The van der Waals surface area contributed by atoms with E-state index in [-0.39, 0.29) is 46.7 Å². The van der Waals surface area contributed by atoms with Crippen LogP contribution in [0.1, 0.15) is 137 Å². The molecule has 54 heavy (non-hydrogen) atoms. The predicted octanol–water partition coefficient (Wildman–Crippen LogP) is 13.2. The first-order chi connectivity index (χ1) is 25.4. The first-order valence-electron chi connectivity index (χ1n) is 18.5. The Morgan fingerprint density at radius 2 is 1.19 bits per heavy atom. The van der Waals surface area contributed by atoms with Crippen LogP contribution in [-0.4, -0.2) is 26.1 Å². The van der Waals surface area contributed by atoms with E-state index in [2.05, 4.69) is 0 Å². The summed E-state index contributed by atoms with van der Waals surface area (Å²) in [5.41, 5.74) is 3.80. The van der Waals surface area contributed by atoms with Crippen molar-refractivity contribution in [1.29, 1.82) is 0 Å². The third-order valence-electron chi connectivity index (χ3n) is 9.62. The van der Waals surface area contributed by atoms with Crippen LogP contribution >= 0.6 is 0 Å². The van der Waals surface area contributed by atoms with Crippen LogP contribution in [0.3, 0.4) is 0 Å². The SMILES string of the molecule is CC(C)c1cccc(C(C)C)c1-n1cc(C(F)(F)CCCCOC(=O)c2ccc3ccccc3c2)n(-c2c(C(C)C)cccc2C(C)C)[c]1=[Au][C](F)(F)F. The molecule has 0 unspecified atom stereocenters. The number of imidazole rings is 1. The van der Waals surface area contributed by atoms with Crippen molar-refractivity contribution in [3.63, 3.8) is 0 Å². The molecule has 0 amide bonds. The molecule has 0 radical (unpaired) electrons. The zero-order valence-electron chi connectivity index (χ0n) is 32.1. The number of para-hydroxylation sites is 2. The third kappa shape index (κ3) is 9.18. The minimum absolute atomic E-state index is 0.0194. The molecule has 0 aliphatic carbocycles. The van der Waals surface area contributed by atoms with Crippen molar-refractivity contribution in [3.8, 4) is 11.4 Å². The zero-order chi connectivity index (χ0) is 39.5. The summed E-state index contributed by atoms with van der Waals surface area (Å²) in [5.74, 6) is -4.55. The van der Waals surface area contributed by atoms with Crippen LogP contribution in [0, 0.1) is 3.63 Å². The van der Waals surface area contributed by atoms with Crippen LogP contribution < -0.4 is 0 Å². The van der Waals surface area contributed by atoms with E-state index in [9.17, 15) is 18.0 Å². The van der Waals surface area contributed by atoms with Gasteiger partial charge in [-0.25, -0.2) is 0 Å². The zero-order valence-corrected chi connectivity index (χ0v) is 34.3. The summed E-state index contributed by atoms with van der Waals surface area (Å²) in [6, 6.07) is 24.0. The molecule has 5 rings (SSSR count). The van der Waals surface area contributed by atoms with Crippen molar-refractivity contribution < 1.29 is 50.8 Å². The van der Waals surface area contributed by atoms with Crippen molar-refractivity contribution in [2.75, 3.05) is 6.61 Å². The summed E-state index contributed by atoms with van der Waals surface area (Å²) in [6.45, 7) is 15.5. The molecule has 1 heterocycles. The molecule has 4 aromatic carbocycles. The standard InChI is InChI=1S/C43H50F2N2O2.CF3.Au/c1-28(2)35-17-13-18-36(29(3)4)40(35)46-26-39(47(27-46)41-37(30(5)6)19-14-20-38(41)31(7)8)43(44,45)23-11-12-24-49-42(48)34-22-21-32-15-9-10-16-33(32)25-34;2-1(3)4;/h9-10,13-22,25-26,28-31H,11-12,23-24H2,1-8H3;;. The molecule has 0 saturated heterocycles. The van der Waals surface area contributed by atoms with Gasteiger partial charge in [0.1, 0.15) is 0 Å². The van der Waals surface area contributed by atoms with Crippen molar-refractivity contribution in [1.82, 2.24) is 9.13 Å². The van der Waals surface area contributed by atoms with Gasteiger partial charge in [0.2, 0.25) is 0 Å². The van der Waals surface area contributed by atoms with Crippen LogP contribution in [0.4, 0.5) is 22.0 Å². The van der Waals surface area contributed by atoms with Crippen molar-refractivity contribution in [2.45, 2.75) is 109 Å². The van der Waals surface area contributed by atoms with Gasteiger partial charge in [0, 0.05) is 0 Å². The summed E-state index contributed by atoms with van der Waals surface area (Å²) >= 11 is -2.64. The Hall–Kier alpha value is -3.79. The second-order valence-electron chi connectivity index (χ2n) is 15.0. The van der Waals surface area contributed by atoms with Gasteiger partial charge in [-0.05, 0) is 10.8 Å². The van der Waals surface area contributed by atoms with Crippen LogP contribution in [0.2, 0.25) is 0 Å². The Kier molecular flexibility index (Phi) is 13.0. The van der Waals surface area contributed by atoms with Gasteiger partial charge in [-0.3, -0.25) is 0 Å². The summed E-state index contributed by atoms with van der Waals surface area (Å²) in [4.78, 5) is 12.8. The number of nitrogens with zero attached hydrogens (tertiary/aromatic N) is 2. The van der Waals surface area contributed by atoms with Crippen LogP contribution in [0.5, 0.6) is 0 Å². The average molecular weight is 931 g/mol. The number of fused-ring (bicyclic) bond motifs is 1. The van der Waals surface area contributed by atoms with E-state index in [1.165, 1.54) is 15.3 Å². The number of carbonyl (C=O) groups excluding carboxylic acids is 1. The number of ether oxygens (including phenoxy) is 1. The molecule has 5 aromatic rings. The molecule has 0 N–H and O–H groups in total. The fourth-order valence-corrected chi connectivity index (χ4v) is 8.82. The number of halogens is 5. The third-order valence-corrected chi connectivity index (χ3v) is 11.7.